The van der Waals surface area contributed by atoms with Crippen molar-refractivity contribution >= 4 is 22.0 Å². The van der Waals surface area contributed by atoms with Crippen molar-refractivity contribution in [2.24, 2.45) is 0 Å². The smallest absolute Gasteiger partial charge is 0.315 e. The molecule has 32 heavy (non-hydrogen) atoms. The molecule has 2 aliphatic rings. The summed E-state index contributed by atoms with van der Waals surface area (Å²) >= 11 is 0. The monoisotopic (exact) mass is 461 g/mol. The number of hydrogen-bond donors (Lipinski definition) is 2. The Bertz CT molecular complexity index is 944. The van der Waals surface area contributed by atoms with Gasteiger partial charge in [-0.05, 0) is 49.9 Å². The fourth-order valence-corrected chi connectivity index (χ4v) is 5.31. The van der Waals surface area contributed by atoms with Crippen LogP contribution in [0.5, 0.6) is 0 Å². The summed E-state index contributed by atoms with van der Waals surface area (Å²) in [5.41, 5.74) is 0.367. The molecule has 0 unspecified atom stereocenters. The Labute approximate surface area is 189 Å². The van der Waals surface area contributed by atoms with Crippen LogP contribution in [0.25, 0.3) is 0 Å². The Morgan fingerprint density at radius 2 is 1.59 bits per heavy atom. The van der Waals surface area contributed by atoms with Crippen molar-refractivity contribution in [1.29, 1.82) is 5.26 Å². The molecule has 1 aromatic rings. The number of hydrogen-bond acceptors (Lipinski definition) is 5. The summed E-state index contributed by atoms with van der Waals surface area (Å²) < 4.78 is 26.4. The van der Waals surface area contributed by atoms with Crippen LogP contribution >= 0.6 is 0 Å². The molecule has 0 atom stereocenters. The molecule has 3 rings (SSSR count). The van der Waals surface area contributed by atoms with E-state index in [9.17, 15) is 18.0 Å². The Morgan fingerprint density at radius 1 is 1.03 bits per heavy atom. The average molecular weight is 462 g/mol. The van der Waals surface area contributed by atoms with Crippen LogP contribution in [-0.4, -0.2) is 68.3 Å². The lowest BCUT2D eigenvalue weighted by Crippen LogP contribution is -2.52. The molecular weight excluding hydrogens is 430 g/mol. The largest absolute Gasteiger partial charge is 0.341 e. The molecule has 1 saturated heterocycles. The van der Waals surface area contributed by atoms with Crippen LogP contribution in [0.2, 0.25) is 0 Å². The molecule has 0 aromatic heterocycles. The van der Waals surface area contributed by atoms with Crippen molar-refractivity contribution in [3.8, 4) is 6.07 Å². The highest BCUT2D eigenvalue weighted by molar-refractivity contribution is 7.89. The topological polar surface area (TPSA) is 123 Å². The van der Waals surface area contributed by atoms with E-state index >= 15 is 0 Å². The molecule has 2 fully saturated rings. The van der Waals surface area contributed by atoms with Crippen molar-refractivity contribution in [3.05, 3.63) is 29.8 Å². The molecular formula is C22H31N5O4S. The van der Waals surface area contributed by atoms with Gasteiger partial charge in [0.1, 0.15) is 0 Å². The van der Waals surface area contributed by atoms with E-state index in [2.05, 4.69) is 10.6 Å². The number of amides is 3. The first-order valence-corrected chi connectivity index (χ1v) is 12.5. The number of piperidine rings is 1. The van der Waals surface area contributed by atoms with Crippen molar-refractivity contribution in [1.82, 2.24) is 19.8 Å². The maximum atomic E-state index is 12.7. The minimum atomic E-state index is -3.83. The maximum absolute atomic E-state index is 12.7. The third kappa shape index (κ3) is 6.20. The number of nitrogens with one attached hydrogen (secondary N) is 2. The lowest BCUT2D eigenvalue weighted by atomic mass is 9.96. The average Bonchev–Trinajstić information content (AvgIpc) is 2.80. The third-order valence-corrected chi connectivity index (χ3v) is 7.99. The molecule has 1 heterocycles. The van der Waals surface area contributed by atoms with Crippen LogP contribution in [0.1, 0.15) is 50.5 Å². The lowest BCUT2D eigenvalue weighted by Gasteiger charge is -2.33. The number of likely N-dealkylation sites (tertiary alicyclic amines) is 1. The van der Waals surface area contributed by atoms with E-state index in [1.807, 2.05) is 6.07 Å². The van der Waals surface area contributed by atoms with Gasteiger partial charge in [0.25, 0.3) is 0 Å². The SMILES string of the molecule is CN(CC(=O)N1CCC(NC(=O)NC2CCCCC2)CC1)S(=O)(=O)c1ccc(C#N)cc1. The van der Waals surface area contributed by atoms with Crippen LogP contribution in [0.4, 0.5) is 4.79 Å². The van der Waals surface area contributed by atoms with Gasteiger partial charge in [-0.2, -0.15) is 9.57 Å². The number of likely N-dealkylation sites (N-methyl/N-ethyl adjacent to an activating group) is 1. The van der Waals surface area contributed by atoms with Gasteiger partial charge in [-0.1, -0.05) is 19.3 Å². The summed E-state index contributed by atoms with van der Waals surface area (Å²) in [7, 11) is -2.46. The first-order valence-electron chi connectivity index (χ1n) is 11.1. The molecule has 9 nitrogen and oxygen atoms in total. The number of nitriles is 1. The van der Waals surface area contributed by atoms with Gasteiger partial charge in [-0.3, -0.25) is 4.79 Å². The fraction of sp³-hybridized carbons (Fsp3) is 0.591. The summed E-state index contributed by atoms with van der Waals surface area (Å²) in [6.45, 7) is 0.679. The van der Waals surface area contributed by atoms with E-state index in [1.54, 1.807) is 4.90 Å². The van der Waals surface area contributed by atoms with Crippen molar-refractivity contribution in [2.75, 3.05) is 26.7 Å². The predicted molar refractivity (Wildman–Crippen MR) is 119 cm³/mol. The zero-order valence-corrected chi connectivity index (χ0v) is 19.2. The highest BCUT2D eigenvalue weighted by atomic mass is 32.2. The number of rotatable bonds is 6. The molecule has 2 N–H and O–H groups in total. The Kier molecular flexibility index (Phi) is 8.10. The summed E-state index contributed by atoms with van der Waals surface area (Å²) in [5, 5.41) is 14.9. The zero-order chi connectivity index (χ0) is 23.1. The second-order valence-electron chi connectivity index (χ2n) is 8.51. The lowest BCUT2D eigenvalue weighted by molar-refractivity contribution is -0.132. The van der Waals surface area contributed by atoms with Gasteiger partial charge < -0.3 is 15.5 Å². The number of sulfonamides is 1. The molecule has 10 heteroatoms. The minimum absolute atomic E-state index is 0.00255. The minimum Gasteiger partial charge on any atom is -0.341 e. The highest BCUT2D eigenvalue weighted by Crippen LogP contribution is 2.18. The van der Waals surface area contributed by atoms with Gasteiger partial charge in [0.15, 0.2) is 0 Å². The summed E-state index contributed by atoms with van der Waals surface area (Å²) in [5.74, 6) is -0.269. The fourth-order valence-electron chi connectivity index (χ4n) is 4.19. The van der Waals surface area contributed by atoms with Crippen molar-refractivity contribution in [2.45, 2.75) is 61.9 Å². The molecule has 1 aliphatic heterocycles. The predicted octanol–water partition coefficient (Wildman–Crippen LogP) is 1.80. The number of nitrogens with zero attached hydrogens (tertiary/aromatic N) is 3. The molecule has 0 radical (unpaired) electrons. The summed E-state index contributed by atoms with van der Waals surface area (Å²) in [4.78, 5) is 26.6. The van der Waals surface area contributed by atoms with E-state index in [-0.39, 0.29) is 35.5 Å². The van der Waals surface area contributed by atoms with Crippen molar-refractivity contribution in [3.63, 3.8) is 0 Å². The molecule has 1 aliphatic carbocycles. The Balaban J connectivity index is 1.45. The molecule has 0 spiro atoms. The molecule has 0 bridgehead atoms. The van der Waals surface area contributed by atoms with Gasteiger partial charge in [0.2, 0.25) is 15.9 Å². The second kappa shape index (κ2) is 10.8. The third-order valence-electron chi connectivity index (χ3n) is 6.17. The Morgan fingerprint density at radius 3 is 2.16 bits per heavy atom. The van der Waals surface area contributed by atoms with Crippen LogP contribution < -0.4 is 10.6 Å². The van der Waals surface area contributed by atoms with E-state index in [0.717, 1.165) is 30.0 Å². The van der Waals surface area contributed by atoms with E-state index in [0.29, 0.717) is 31.5 Å². The number of carbonyl (C=O) groups is 2. The first kappa shape index (κ1) is 24.0. The van der Waals surface area contributed by atoms with Crippen LogP contribution in [0.3, 0.4) is 0 Å². The molecule has 174 valence electrons. The number of benzene rings is 1. The number of carbonyl (C=O) groups excluding carboxylic acids is 2. The van der Waals surface area contributed by atoms with E-state index in [4.69, 9.17) is 5.26 Å². The van der Waals surface area contributed by atoms with Gasteiger partial charge in [-0.25, -0.2) is 13.2 Å². The van der Waals surface area contributed by atoms with Gasteiger partial charge in [-0.15, -0.1) is 0 Å². The zero-order valence-electron chi connectivity index (χ0n) is 18.4. The van der Waals surface area contributed by atoms with Crippen LogP contribution in [0.15, 0.2) is 29.2 Å². The second-order valence-corrected chi connectivity index (χ2v) is 10.5. The van der Waals surface area contributed by atoms with E-state index < -0.39 is 10.0 Å². The molecule has 1 saturated carbocycles. The summed E-state index contributed by atoms with van der Waals surface area (Å²) in [6.07, 6.45) is 6.86. The van der Waals surface area contributed by atoms with Crippen molar-refractivity contribution < 1.29 is 18.0 Å². The quantitative estimate of drug-likeness (QED) is 0.669. The van der Waals surface area contributed by atoms with Gasteiger partial charge >= 0.3 is 6.03 Å². The van der Waals surface area contributed by atoms with Crippen LogP contribution in [0, 0.1) is 11.3 Å². The maximum Gasteiger partial charge on any atom is 0.315 e. The normalized spacial score (nSPS) is 18.2. The van der Waals surface area contributed by atoms with Crippen LogP contribution in [-0.2, 0) is 14.8 Å². The number of urea groups is 1. The Hall–Kier alpha value is -2.64. The summed E-state index contributed by atoms with van der Waals surface area (Å²) in [6, 6.07) is 7.66. The highest BCUT2D eigenvalue weighted by Gasteiger charge is 2.28. The van der Waals surface area contributed by atoms with E-state index in [1.165, 1.54) is 37.7 Å². The van der Waals surface area contributed by atoms with Gasteiger partial charge in [0.05, 0.1) is 23.1 Å². The van der Waals surface area contributed by atoms with Gasteiger partial charge in [0, 0.05) is 32.2 Å². The standard InChI is InChI=1S/C22H31N5O4S/c1-26(32(30,31)20-9-7-17(15-23)8-10-20)16-21(28)27-13-11-19(12-14-27)25-22(29)24-18-5-3-2-4-6-18/h7-10,18-19H,2-6,11-14,16H2,1H3,(H2,24,25,29). The molecule has 1 aromatic carbocycles. The first-order chi connectivity index (χ1) is 15.3. The molecule has 3 amide bonds.